The van der Waals surface area contributed by atoms with Gasteiger partial charge in [-0.15, -0.1) is 11.3 Å². The Morgan fingerprint density at radius 1 is 1.33 bits per heavy atom. The van der Waals surface area contributed by atoms with Crippen molar-refractivity contribution in [1.29, 1.82) is 0 Å². The molecule has 0 saturated carbocycles. The van der Waals surface area contributed by atoms with Crippen molar-refractivity contribution >= 4 is 48.9 Å². The van der Waals surface area contributed by atoms with E-state index in [4.69, 9.17) is 5.11 Å². The summed E-state index contributed by atoms with van der Waals surface area (Å²) in [5.41, 5.74) is -0.501. The van der Waals surface area contributed by atoms with Crippen molar-refractivity contribution in [3.63, 3.8) is 0 Å². The fraction of sp³-hybridized carbons (Fsp3) is 0. The Labute approximate surface area is 130 Å². The van der Waals surface area contributed by atoms with Crippen molar-refractivity contribution < 1.29 is 27.1 Å². The van der Waals surface area contributed by atoms with Crippen LogP contribution in [0.3, 0.4) is 0 Å². The first kappa shape index (κ1) is 15.9. The third-order valence-electron chi connectivity index (χ3n) is 2.36. The zero-order valence-electron chi connectivity index (χ0n) is 9.93. The Morgan fingerprint density at radius 2 is 2.00 bits per heavy atom. The van der Waals surface area contributed by atoms with Crippen molar-refractivity contribution in [3.05, 3.63) is 44.6 Å². The van der Waals surface area contributed by atoms with Crippen LogP contribution in [0.4, 0.5) is 14.5 Å². The predicted octanol–water partition coefficient (Wildman–Crippen LogP) is 3.29. The zero-order valence-corrected chi connectivity index (χ0v) is 13.2. The first-order valence-corrected chi connectivity index (χ1v) is 8.36. The van der Waals surface area contributed by atoms with Gasteiger partial charge in [-0.1, -0.05) is 0 Å². The third kappa shape index (κ3) is 3.22. The molecule has 112 valence electrons. The predicted molar refractivity (Wildman–Crippen MR) is 76.1 cm³/mol. The van der Waals surface area contributed by atoms with Crippen molar-refractivity contribution in [1.82, 2.24) is 0 Å². The van der Waals surface area contributed by atoms with Gasteiger partial charge >= 0.3 is 5.97 Å². The van der Waals surface area contributed by atoms with Gasteiger partial charge < -0.3 is 5.11 Å². The lowest BCUT2D eigenvalue weighted by atomic mass is 10.3. The molecular weight excluding hydrogens is 392 g/mol. The lowest BCUT2D eigenvalue weighted by Gasteiger charge is -2.10. The van der Waals surface area contributed by atoms with Crippen LogP contribution >= 0.6 is 27.3 Å². The summed E-state index contributed by atoms with van der Waals surface area (Å²) in [4.78, 5) is 10.1. The summed E-state index contributed by atoms with van der Waals surface area (Å²) in [6, 6.07) is 2.48. The minimum Gasteiger partial charge on any atom is -0.477 e. The van der Waals surface area contributed by atoms with Crippen LogP contribution in [0, 0.1) is 11.6 Å². The highest BCUT2D eigenvalue weighted by Crippen LogP contribution is 2.30. The van der Waals surface area contributed by atoms with Crippen LogP contribution in [0.5, 0.6) is 0 Å². The van der Waals surface area contributed by atoms with Gasteiger partial charge in [-0.25, -0.2) is 22.0 Å². The third-order valence-corrected chi connectivity index (χ3v) is 5.41. The van der Waals surface area contributed by atoms with Crippen molar-refractivity contribution in [2.75, 3.05) is 4.72 Å². The molecule has 0 radical (unpaired) electrons. The lowest BCUT2D eigenvalue weighted by Crippen LogP contribution is -2.16. The quantitative estimate of drug-likeness (QED) is 0.828. The fourth-order valence-electron chi connectivity index (χ4n) is 1.49. The van der Waals surface area contributed by atoms with Crippen molar-refractivity contribution in [2.24, 2.45) is 0 Å². The second-order valence-corrected chi connectivity index (χ2v) is 7.19. The van der Waals surface area contributed by atoms with Crippen LogP contribution in [0.15, 0.2) is 32.9 Å². The number of hydrogen-bond donors (Lipinski definition) is 2. The Kier molecular flexibility index (Phi) is 4.30. The van der Waals surface area contributed by atoms with Crippen LogP contribution < -0.4 is 4.72 Å². The first-order chi connectivity index (χ1) is 9.72. The van der Waals surface area contributed by atoms with E-state index in [0.717, 1.165) is 23.5 Å². The first-order valence-electron chi connectivity index (χ1n) is 5.20. The average molecular weight is 398 g/mol. The summed E-state index contributed by atoms with van der Waals surface area (Å²) < 4.78 is 52.6. The molecule has 1 aromatic carbocycles. The van der Waals surface area contributed by atoms with Gasteiger partial charge in [0, 0.05) is 10.5 Å². The number of halogens is 3. The largest absolute Gasteiger partial charge is 0.477 e. The molecule has 0 bridgehead atoms. The number of thiophene rings is 1. The van der Waals surface area contributed by atoms with E-state index in [-0.39, 0.29) is 4.47 Å². The van der Waals surface area contributed by atoms with Crippen LogP contribution in [-0.2, 0) is 10.0 Å². The fourth-order valence-corrected chi connectivity index (χ4v) is 4.48. The van der Waals surface area contributed by atoms with Crippen LogP contribution in [-0.4, -0.2) is 19.5 Å². The number of benzene rings is 1. The highest BCUT2D eigenvalue weighted by atomic mass is 79.9. The Bertz CT molecular complexity index is 796. The number of carboxylic acids is 1. The maximum absolute atomic E-state index is 13.6. The van der Waals surface area contributed by atoms with Crippen molar-refractivity contribution in [3.8, 4) is 0 Å². The number of rotatable bonds is 4. The molecule has 2 aromatic rings. The van der Waals surface area contributed by atoms with Gasteiger partial charge in [-0.3, -0.25) is 4.72 Å². The van der Waals surface area contributed by atoms with Gasteiger partial charge in [0.25, 0.3) is 10.0 Å². The van der Waals surface area contributed by atoms with Gasteiger partial charge in [0.2, 0.25) is 0 Å². The van der Waals surface area contributed by atoms with E-state index in [1.54, 1.807) is 0 Å². The summed E-state index contributed by atoms with van der Waals surface area (Å²) in [5, 5.41) is 10.2. The van der Waals surface area contributed by atoms with E-state index >= 15 is 0 Å². The van der Waals surface area contributed by atoms with E-state index in [9.17, 15) is 22.0 Å². The molecule has 2 rings (SSSR count). The maximum Gasteiger partial charge on any atom is 0.347 e. The van der Waals surface area contributed by atoms with Crippen LogP contribution in [0.1, 0.15) is 9.67 Å². The lowest BCUT2D eigenvalue weighted by molar-refractivity contribution is 0.0698. The van der Waals surface area contributed by atoms with E-state index < -0.39 is 43.1 Å². The minimum absolute atomic E-state index is 0.143. The number of hydrogen-bond acceptors (Lipinski definition) is 4. The van der Waals surface area contributed by atoms with Gasteiger partial charge in [0.1, 0.15) is 15.6 Å². The van der Waals surface area contributed by atoms with E-state index in [2.05, 4.69) is 15.9 Å². The SMILES string of the molecule is O=C(O)c1sccc1S(=O)(=O)Nc1c(F)cc(F)cc1Br. The van der Waals surface area contributed by atoms with Crippen LogP contribution in [0.25, 0.3) is 0 Å². The Balaban J connectivity index is 2.48. The Hall–Kier alpha value is -1.52. The summed E-state index contributed by atoms with van der Waals surface area (Å²) in [6.45, 7) is 0. The molecule has 0 atom stereocenters. The summed E-state index contributed by atoms with van der Waals surface area (Å²) in [7, 11) is -4.32. The Morgan fingerprint density at radius 3 is 2.57 bits per heavy atom. The van der Waals surface area contributed by atoms with Crippen molar-refractivity contribution in [2.45, 2.75) is 4.90 Å². The number of carbonyl (C=O) groups is 1. The average Bonchev–Trinajstić information content (AvgIpc) is 2.83. The molecule has 0 saturated heterocycles. The summed E-state index contributed by atoms with van der Waals surface area (Å²) in [5.74, 6) is -3.43. The molecule has 0 unspecified atom stereocenters. The number of anilines is 1. The van der Waals surface area contributed by atoms with Gasteiger partial charge in [0.15, 0.2) is 5.82 Å². The molecular formula is C11H6BrF2NO4S2. The topological polar surface area (TPSA) is 83.5 Å². The maximum atomic E-state index is 13.6. The normalized spacial score (nSPS) is 11.4. The number of sulfonamides is 1. The number of nitrogens with one attached hydrogen (secondary N) is 1. The van der Waals surface area contributed by atoms with Gasteiger partial charge in [-0.2, -0.15) is 0 Å². The molecule has 1 aromatic heterocycles. The number of aromatic carboxylic acids is 1. The second-order valence-electron chi connectivity index (χ2n) is 3.77. The van der Waals surface area contributed by atoms with Gasteiger partial charge in [-0.05, 0) is 33.4 Å². The standard InChI is InChI=1S/C11H6BrF2NO4S2/c12-6-3-5(13)4-7(14)9(6)15-21(18,19)8-1-2-20-10(8)11(16)17/h1-4,15H,(H,16,17). The number of carboxylic acid groups (broad SMARTS) is 1. The van der Waals surface area contributed by atoms with E-state index in [0.29, 0.717) is 6.07 Å². The molecule has 0 spiro atoms. The highest BCUT2D eigenvalue weighted by Gasteiger charge is 2.25. The highest BCUT2D eigenvalue weighted by molar-refractivity contribution is 9.10. The monoisotopic (exact) mass is 397 g/mol. The molecule has 21 heavy (non-hydrogen) atoms. The summed E-state index contributed by atoms with van der Waals surface area (Å²) in [6.07, 6.45) is 0. The molecule has 1 heterocycles. The summed E-state index contributed by atoms with van der Waals surface area (Å²) >= 11 is 3.56. The molecule has 0 fully saturated rings. The van der Waals surface area contributed by atoms with Crippen LogP contribution in [0.2, 0.25) is 0 Å². The molecule has 0 amide bonds. The molecule has 5 nitrogen and oxygen atoms in total. The smallest absolute Gasteiger partial charge is 0.347 e. The van der Waals surface area contributed by atoms with E-state index in [1.807, 2.05) is 4.72 Å². The van der Waals surface area contributed by atoms with E-state index in [1.165, 1.54) is 5.38 Å². The molecule has 0 aliphatic carbocycles. The molecule has 0 aliphatic rings. The van der Waals surface area contributed by atoms with Gasteiger partial charge in [0.05, 0.1) is 5.69 Å². The molecule has 0 aliphatic heterocycles. The minimum atomic E-state index is -4.32. The molecule has 2 N–H and O–H groups in total. The zero-order chi connectivity index (χ0) is 15.8. The molecule has 10 heteroatoms. The second kappa shape index (κ2) is 5.70.